The molecule has 0 aromatic heterocycles. The lowest BCUT2D eigenvalue weighted by atomic mass is 10.0. The summed E-state index contributed by atoms with van der Waals surface area (Å²) >= 11 is 3.64. The molecule has 0 aromatic rings. The number of alkyl halides is 1. The zero-order chi connectivity index (χ0) is 12.0. The maximum Gasteiger partial charge on any atom is 0.0113 e. The van der Waals surface area contributed by atoms with E-state index in [4.69, 9.17) is 0 Å². The monoisotopic (exact) mass is 290 g/mol. The highest BCUT2D eigenvalue weighted by molar-refractivity contribution is 9.09. The lowest BCUT2D eigenvalue weighted by molar-refractivity contribution is 0.131. The smallest absolute Gasteiger partial charge is 0.0113 e. The maximum atomic E-state index is 3.64. The van der Waals surface area contributed by atoms with Crippen LogP contribution in [0.25, 0.3) is 0 Å². The first-order chi connectivity index (χ1) is 7.67. The van der Waals surface area contributed by atoms with E-state index in [1.54, 1.807) is 0 Å². The molecule has 1 atom stereocenters. The standard InChI is InChI=1S/C13H27BrN2/c1-4-5-12(10-14)11-16-8-6-13(7-9-16)15(2)3/h12-13H,4-11H2,1-3H3. The van der Waals surface area contributed by atoms with Gasteiger partial charge in [-0.2, -0.15) is 0 Å². The van der Waals surface area contributed by atoms with Crippen LogP contribution >= 0.6 is 15.9 Å². The number of halogens is 1. The molecule has 0 amide bonds. The Morgan fingerprint density at radius 1 is 1.31 bits per heavy atom. The zero-order valence-corrected chi connectivity index (χ0v) is 12.7. The Morgan fingerprint density at radius 2 is 1.94 bits per heavy atom. The second kappa shape index (κ2) is 7.67. The van der Waals surface area contributed by atoms with Crippen LogP contribution in [0.4, 0.5) is 0 Å². The molecule has 0 N–H and O–H groups in total. The van der Waals surface area contributed by atoms with Crippen LogP contribution in [-0.4, -0.2) is 54.9 Å². The van der Waals surface area contributed by atoms with Crippen LogP contribution in [-0.2, 0) is 0 Å². The maximum absolute atomic E-state index is 3.64. The van der Waals surface area contributed by atoms with Gasteiger partial charge in [0.1, 0.15) is 0 Å². The van der Waals surface area contributed by atoms with Gasteiger partial charge in [0, 0.05) is 17.9 Å². The molecule has 1 unspecified atom stereocenters. The van der Waals surface area contributed by atoms with Crippen molar-refractivity contribution in [3.63, 3.8) is 0 Å². The first-order valence-electron chi connectivity index (χ1n) is 6.62. The Balaban J connectivity index is 2.25. The van der Waals surface area contributed by atoms with Crippen molar-refractivity contribution in [2.24, 2.45) is 5.92 Å². The largest absolute Gasteiger partial charge is 0.306 e. The summed E-state index contributed by atoms with van der Waals surface area (Å²) < 4.78 is 0. The molecule has 1 heterocycles. The van der Waals surface area contributed by atoms with Gasteiger partial charge in [-0.05, 0) is 52.4 Å². The molecule has 0 bridgehead atoms. The van der Waals surface area contributed by atoms with Gasteiger partial charge in [-0.1, -0.05) is 29.3 Å². The molecule has 3 heteroatoms. The number of piperidine rings is 1. The average molecular weight is 291 g/mol. The molecule has 1 fully saturated rings. The third kappa shape index (κ3) is 4.72. The van der Waals surface area contributed by atoms with Crippen LogP contribution in [0.1, 0.15) is 32.6 Å². The summed E-state index contributed by atoms with van der Waals surface area (Å²) in [6.07, 6.45) is 5.35. The summed E-state index contributed by atoms with van der Waals surface area (Å²) in [5.74, 6) is 0.848. The number of likely N-dealkylation sites (tertiary alicyclic amines) is 1. The Bertz CT molecular complexity index is 177. The van der Waals surface area contributed by atoms with Gasteiger partial charge >= 0.3 is 0 Å². The molecule has 1 aliphatic heterocycles. The van der Waals surface area contributed by atoms with Gasteiger partial charge < -0.3 is 9.80 Å². The van der Waals surface area contributed by atoms with E-state index < -0.39 is 0 Å². The highest BCUT2D eigenvalue weighted by atomic mass is 79.9. The van der Waals surface area contributed by atoms with E-state index in [1.807, 2.05) is 0 Å². The van der Waals surface area contributed by atoms with Crippen molar-refractivity contribution in [2.75, 3.05) is 39.1 Å². The van der Waals surface area contributed by atoms with E-state index in [9.17, 15) is 0 Å². The van der Waals surface area contributed by atoms with Crippen LogP contribution < -0.4 is 0 Å². The number of rotatable bonds is 6. The molecule has 2 nitrogen and oxygen atoms in total. The number of hydrogen-bond acceptors (Lipinski definition) is 2. The zero-order valence-electron chi connectivity index (χ0n) is 11.1. The topological polar surface area (TPSA) is 6.48 Å². The van der Waals surface area contributed by atoms with Gasteiger partial charge in [0.25, 0.3) is 0 Å². The average Bonchev–Trinajstić information content (AvgIpc) is 2.29. The SMILES string of the molecule is CCCC(CBr)CN1CCC(N(C)C)CC1. The van der Waals surface area contributed by atoms with Crippen molar-refractivity contribution < 1.29 is 0 Å². The summed E-state index contributed by atoms with van der Waals surface area (Å²) in [5.41, 5.74) is 0. The Kier molecular flexibility index (Phi) is 6.94. The quantitative estimate of drug-likeness (QED) is 0.694. The fourth-order valence-electron chi connectivity index (χ4n) is 2.61. The molecule has 0 aliphatic carbocycles. The van der Waals surface area contributed by atoms with Crippen LogP contribution in [0.3, 0.4) is 0 Å². The molecule has 1 rings (SSSR count). The Morgan fingerprint density at radius 3 is 2.38 bits per heavy atom. The lowest BCUT2D eigenvalue weighted by Gasteiger charge is -2.36. The third-order valence-electron chi connectivity index (χ3n) is 3.72. The highest BCUT2D eigenvalue weighted by Crippen LogP contribution is 2.18. The van der Waals surface area contributed by atoms with E-state index in [1.165, 1.54) is 45.3 Å². The predicted molar refractivity (Wildman–Crippen MR) is 75.3 cm³/mol. The number of hydrogen-bond donors (Lipinski definition) is 0. The molecule has 1 saturated heterocycles. The molecule has 96 valence electrons. The molecule has 0 aromatic carbocycles. The van der Waals surface area contributed by atoms with Crippen LogP contribution in [0.2, 0.25) is 0 Å². The fourth-order valence-corrected chi connectivity index (χ4v) is 3.14. The van der Waals surface area contributed by atoms with Crippen molar-refractivity contribution in [3.8, 4) is 0 Å². The van der Waals surface area contributed by atoms with E-state index in [0.29, 0.717) is 0 Å². The normalized spacial score (nSPS) is 21.6. The van der Waals surface area contributed by atoms with Crippen LogP contribution in [0.15, 0.2) is 0 Å². The van der Waals surface area contributed by atoms with Gasteiger partial charge in [0.15, 0.2) is 0 Å². The molecule has 0 spiro atoms. The van der Waals surface area contributed by atoms with Crippen molar-refractivity contribution in [1.29, 1.82) is 0 Å². The van der Waals surface area contributed by atoms with Crippen LogP contribution in [0.5, 0.6) is 0 Å². The van der Waals surface area contributed by atoms with Crippen molar-refractivity contribution >= 4 is 15.9 Å². The minimum absolute atomic E-state index is 0.810. The first-order valence-corrected chi connectivity index (χ1v) is 7.74. The summed E-state index contributed by atoms with van der Waals surface area (Å²) in [7, 11) is 4.41. The van der Waals surface area contributed by atoms with Crippen molar-refractivity contribution in [1.82, 2.24) is 9.80 Å². The Labute approximate surface area is 109 Å². The van der Waals surface area contributed by atoms with Gasteiger partial charge in [-0.15, -0.1) is 0 Å². The summed E-state index contributed by atoms with van der Waals surface area (Å²) in [5, 5.41) is 1.16. The van der Waals surface area contributed by atoms with Crippen LogP contribution in [0, 0.1) is 5.92 Å². The minimum Gasteiger partial charge on any atom is -0.306 e. The summed E-state index contributed by atoms with van der Waals surface area (Å²) in [4.78, 5) is 5.03. The summed E-state index contributed by atoms with van der Waals surface area (Å²) in [6.45, 7) is 6.15. The lowest BCUT2D eigenvalue weighted by Crippen LogP contribution is -2.43. The molecular formula is C13H27BrN2. The molecular weight excluding hydrogens is 264 g/mol. The minimum atomic E-state index is 0.810. The fraction of sp³-hybridized carbons (Fsp3) is 1.00. The second-order valence-electron chi connectivity index (χ2n) is 5.30. The van der Waals surface area contributed by atoms with Gasteiger partial charge in [0.05, 0.1) is 0 Å². The van der Waals surface area contributed by atoms with Crippen molar-refractivity contribution in [2.45, 2.75) is 38.6 Å². The third-order valence-corrected chi connectivity index (χ3v) is 4.63. The summed E-state index contributed by atoms with van der Waals surface area (Å²) in [6, 6.07) is 0.810. The van der Waals surface area contributed by atoms with E-state index in [-0.39, 0.29) is 0 Å². The van der Waals surface area contributed by atoms with E-state index in [0.717, 1.165) is 17.3 Å². The molecule has 16 heavy (non-hydrogen) atoms. The van der Waals surface area contributed by atoms with Gasteiger partial charge in [-0.3, -0.25) is 0 Å². The van der Waals surface area contributed by atoms with Gasteiger partial charge in [0.2, 0.25) is 0 Å². The van der Waals surface area contributed by atoms with E-state index >= 15 is 0 Å². The van der Waals surface area contributed by atoms with E-state index in [2.05, 4.69) is 46.7 Å². The first kappa shape index (κ1) is 14.5. The number of nitrogens with zero attached hydrogens (tertiary/aromatic N) is 2. The van der Waals surface area contributed by atoms with Crippen molar-refractivity contribution in [3.05, 3.63) is 0 Å². The van der Waals surface area contributed by atoms with Gasteiger partial charge in [-0.25, -0.2) is 0 Å². The predicted octanol–water partition coefficient (Wildman–Crippen LogP) is 2.82. The molecule has 1 aliphatic rings. The molecule has 0 radical (unpaired) electrons. The highest BCUT2D eigenvalue weighted by Gasteiger charge is 2.21. The Hall–Kier alpha value is 0.400. The molecule has 0 saturated carbocycles. The second-order valence-corrected chi connectivity index (χ2v) is 5.95.